The fourth-order valence-corrected chi connectivity index (χ4v) is 2.87. The predicted molar refractivity (Wildman–Crippen MR) is 135 cm³/mol. The first kappa shape index (κ1) is 28.7. The minimum atomic E-state index is -0.417. The molecule has 0 spiro atoms. The maximum atomic E-state index is 11.5. The summed E-state index contributed by atoms with van der Waals surface area (Å²) in [6.45, 7) is 17.4. The normalized spacial score (nSPS) is 12.0. The van der Waals surface area contributed by atoms with Gasteiger partial charge in [-0.2, -0.15) is 0 Å². The van der Waals surface area contributed by atoms with Gasteiger partial charge in [0.15, 0.2) is 5.78 Å². The summed E-state index contributed by atoms with van der Waals surface area (Å²) in [5, 5.41) is 10.8. The van der Waals surface area contributed by atoms with Crippen LogP contribution in [0.5, 0.6) is 0 Å². The van der Waals surface area contributed by atoms with Crippen molar-refractivity contribution in [2.75, 3.05) is 0 Å². The molecule has 0 aliphatic carbocycles. The average molecular weight is 623 g/mol. The molecule has 0 aliphatic rings. The van der Waals surface area contributed by atoms with Crippen LogP contribution in [0.15, 0.2) is 54.3 Å². The van der Waals surface area contributed by atoms with Crippen LogP contribution in [0.4, 0.5) is 0 Å². The number of hydrogen-bond donors (Lipinski definition) is 1. The van der Waals surface area contributed by atoms with E-state index in [1.807, 2.05) is 47.6 Å². The fraction of sp³-hybridized carbons (Fsp3) is 0.379. The van der Waals surface area contributed by atoms with Crippen LogP contribution in [-0.2, 0) is 24.9 Å². The summed E-state index contributed by atoms with van der Waals surface area (Å²) in [6, 6.07) is 18.1. The third kappa shape index (κ3) is 7.91. The van der Waals surface area contributed by atoms with E-state index in [1.165, 1.54) is 28.2 Å². The molecule has 3 aromatic rings. The molecule has 1 heterocycles. The maximum absolute atomic E-state index is 11.5. The Hall–Kier alpha value is -2.29. The Morgan fingerprint density at radius 2 is 1.52 bits per heavy atom. The van der Waals surface area contributed by atoms with Gasteiger partial charge in [0.2, 0.25) is 0 Å². The zero-order valence-electron chi connectivity index (χ0n) is 21.3. The number of carbonyl (C=O) groups is 1. The molecule has 0 atom stereocenters. The quantitative estimate of drug-likeness (QED) is 0.181. The van der Waals surface area contributed by atoms with Crippen molar-refractivity contribution in [3.05, 3.63) is 77.1 Å². The van der Waals surface area contributed by atoms with E-state index in [4.69, 9.17) is 4.98 Å². The molecule has 4 heteroatoms. The molecular formula is C29H36IrNO2-. The topological polar surface area (TPSA) is 50.2 Å². The average Bonchev–Trinajstić information content (AvgIpc) is 2.69. The summed E-state index contributed by atoms with van der Waals surface area (Å²) in [7, 11) is 0. The number of pyridine rings is 1. The van der Waals surface area contributed by atoms with Gasteiger partial charge in [-0.3, -0.25) is 9.78 Å². The number of rotatable bonds is 2. The first-order chi connectivity index (χ1) is 14.7. The van der Waals surface area contributed by atoms with Crippen molar-refractivity contribution in [1.29, 1.82) is 0 Å². The van der Waals surface area contributed by atoms with Crippen molar-refractivity contribution >= 4 is 16.7 Å². The molecule has 0 aliphatic heterocycles. The third-order valence-electron chi connectivity index (χ3n) is 5.39. The van der Waals surface area contributed by atoms with Crippen LogP contribution in [0.3, 0.4) is 0 Å². The summed E-state index contributed by atoms with van der Waals surface area (Å²) in [6.07, 6.45) is 1.33. The van der Waals surface area contributed by atoms with Crippen molar-refractivity contribution in [3.8, 4) is 11.3 Å². The first-order valence-electron chi connectivity index (χ1n) is 11.0. The fourth-order valence-electron chi connectivity index (χ4n) is 2.87. The summed E-state index contributed by atoms with van der Waals surface area (Å²) in [5.74, 6) is 0.104. The number of ketones is 1. The number of aliphatic hydroxyl groups excluding tert-OH is 1. The number of para-hydroxylation sites is 1. The number of nitrogens with zero attached hydrogens (tertiary/aromatic N) is 1. The van der Waals surface area contributed by atoms with Crippen molar-refractivity contribution in [2.45, 2.75) is 62.3 Å². The van der Waals surface area contributed by atoms with Crippen LogP contribution < -0.4 is 0 Å². The summed E-state index contributed by atoms with van der Waals surface area (Å²) in [5.41, 5.74) is 6.05. The molecule has 0 saturated heterocycles. The number of allylic oxidation sites excluding steroid dienone is 2. The largest absolute Gasteiger partial charge is 0.512 e. The number of aryl methyl sites for hydroxylation is 3. The van der Waals surface area contributed by atoms with E-state index in [2.05, 4.69) is 63.2 Å². The van der Waals surface area contributed by atoms with Gasteiger partial charge >= 0.3 is 0 Å². The van der Waals surface area contributed by atoms with E-state index in [1.54, 1.807) is 0 Å². The molecule has 0 amide bonds. The van der Waals surface area contributed by atoms with Crippen molar-refractivity contribution in [3.63, 3.8) is 0 Å². The molecule has 2 aromatic carbocycles. The molecule has 0 fully saturated rings. The number of benzene rings is 2. The van der Waals surface area contributed by atoms with Gasteiger partial charge in [0, 0.05) is 42.4 Å². The Labute approximate surface area is 212 Å². The Morgan fingerprint density at radius 1 is 0.909 bits per heavy atom. The molecule has 3 nitrogen and oxygen atoms in total. The first-order valence-corrected chi connectivity index (χ1v) is 11.0. The number of aromatic nitrogens is 1. The van der Waals surface area contributed by atoms with Crippen molar-refractivity contribution < 1.29 is 30.0 Å². The molecule has 0 saturated carbocycles. The molecule has 33 heavy (non-hydrogen) atoms. The van der Waals surface area contributed by atoms with Gasteiger partial charge in [-0.05, 0) is 24.2 Å². The zero-order chi connectivity index (χ0) is 24.3. The SMILES string of the molecule is CC(C)(C)C(=O)/C=C(\O)C(C)(C)C.Cc1[c-]c(-c2cc(C)c3ccccc3n2)ccc1C.[Ir]. The molecular weight excluding hydrogens is 587 g/mol. The standard InChI is InChI=1S/C18H16N.C11H20O2.Ir/c1-12-8-9-15(10-13(12)2)18-11-14(3)16-6-4-5-7-17(16)19-18;1-10(2,3)8(12)7-9(13)11(4,5)6;/h4-9,11H,1-3H3;7,12H,1-6H3;/q-1;;/b;8-7-;. The molecule has 1 radical (unpaired) electrons. The maximum Gasteiger partial charge on any atom is 0.164 e. The van der Waals surface area contributed by atoms with Gasteiger partial charge in [-0.15, -0.1) is 34.9 Å². The van der Waals surface area contributed by atoms with Crippen LogP contribution >= 0.6 is 0 Å². The number of aliphatic hydroxyl groups is 1. The molecule has 179 valence electrons. The van der Waals surface area contributed by atoms with Gasteiger partial charge in [0.1, 0.15) is 5.76 Å². The Balaban J connectivity index is 0.000000346. The van der Waals surface area contributed by atoms with E-state index >= 15 is 0 Å². The molecule has 0 bridgehead atoms. The van der Waals surface area contributed by atoms with E-state index in [0.29, 0.717) is 0 Å². The van der Waals surface area contributed by atoms with Crippen LogP contribution in [0.25, 0.3) is 22.2 Å². The van der Waals surface area contributed by atoms with Crippen LogP contribution in [0.2, 0.25) is 0 Å². The Bertz CT molecular complexity index is 1150. The van der Waals surface area contributed by atoms with Gasteiger partial charge in [0.25, 0.3) is 0 Å². The van der Waals surface area contributed by atoms with Crippen LogP contribution in [0.1, 0.15) is 58.2 Å². The van der Waals surface area contributed by atoms with Gasteiger partial charge < -0.3 is 5.11 Å². The van der Waals surface area contributed by atoms with Gasteiger partial charge in [-0.1, -0.05) is 79.7 Å². The smallest absolute Gasteiger partial charge is 0.164 e. The summed E-state index contributed by atoms with van der Waals surface area (Å²) >= 11 is 0. The van der Waals surface area contributed by atoms with Crippen molar-refractivity contribution in [1.82, 2.24) is 4.98 Å². The second-order valence-electron chi connectivity index (χ2n) is 10.4. The van der Waals surface area contributed by atoms with E-state index in [0.717, 1.165) is 16.8 Å². The molecule has 0 unspecified atom stereocenters. The molecule has 3 rings (SSSR count). The second-order valence-corrected chi connectivity index (χ2v) is 10.4. The van der Waals surface area contributed by atoms with Gasteiger partial charge in [-0.25, -0.2) is 0 Å². The summed E-state index contributed by atoms with van der Waals surface area (Å²) in [4.78, 5) is 16.2. The number of hydrogen-bond acceptors (Lipinski definition) is 3. The van der Waals surface area contributed by atoms with E-state index in [9.17, 15) is 9.90 Å². The van der Waals surface area contributed by atoms with E-state index < -0.39 is 5.41 Å². The van der Waals surface area contributed by atoms with Crippen LogP contribution in [-0.4, -0.2) is 15.9 Å². The minimum Gasteiger partial charge on any atom is -0.512 e. The van der Waals surface area contributed by atoms with E-state index in [-0.39, 0.29) is 37.1 Å². The Morgan fingerprint density at radius 3 is 2.06 bits per heavy atom. The zero-order valence-corrected chi connectivity index (χ0v) is 23.6. The van der Waals surface area contributed by atoms with Gasteiger partial charge in [0.05, 0.1) is 5.52 Å². The molecule has 1 N–H and O–H groups in total. The summed E-state index contributed by atoms with van der Waals surface area (Å²) < 4.78 is 0. The second kappa shape index (κ2) is 11.2. The number of carbonyl (C=O) groups excluding carboxylic acids is 1. The van der Waals surface area contributed by atoms with Crippen molar-refractivity contribution in [2.24, 2.45) is 10.8 Å². The number of fused-ring (bicyclic) bond motifs is 1. The predicted octanol–water partition coefficient (Wildman–Crippen LogP) is 7.71. The minimum absolute atomic E-state index is 0. The monoisotopic (exact) mass is 623 g/mol. The molecule has 1 aromatic heterocycles. The van der Waals surface area contributed by atoms with Crippen LogP contribution in [0, 0.1) is 37.7 Å². The Kier molecular flexibility index (Phi) is 9.78. The third-order valence-corrected chi connectivity index (χ3v) is 5.39.